The molecule has 160 valence electrons. The Kier molecular flexibility index (Phi) is 5.91. The molecule has 0 spiro atoms. The standard InChI is InChI=1S/C25H26N2O4/c1-17-13-26(24(28)22-5-3-4-21(12-22)23-10-11-31-16-23)14-18(2)27(17)15-19-6-8-20(9-7-19)25(29)30/h3-12,16-18H,13-15H2,1-2H3,(H,29,30)/t17-,18+. The summed E-state index contributed by atoms with van der Waals surface area (Å²) in [6.07, 6.45) is 3.30. The van der Waals surface area contributed by atoms with Crippen LogP contribution in [0, 0.1) is 0 Å². The van der Waals surface area contributed by atoms with E-state index in [4.69, 9.17) is 9.52 Å². The Bertz CT molecular complexity index is 1050. The van der Waals surface area contributed by atoms with E-state index >= 15 is 0 Å². The first kappa shape index (κ1) is 20.9. The molecule has 2 heterocycles. The van der Waals surface area contributed by atoms with Crippen LogP contribution in [0.5, 0.6) is 0 Å². The lowest BCUT2D eigenvalue weighted by molar-refractivity contribution is 0.0270. The van der Waals surface area contributed by atoms with Gasteiger partial charge in [0.1, 0.15) is 0 Å². The van der Waals surface area contributed by atoms with Gasteiger partial charge in [0, 0.05) is 42.8 Å². The molecule has 6 heteroatoms. The third-order valence-corrected chi connectivity index (χ3v) is 5.92. The van der Waals surface area contributed by atoms with Crippen molar-refractivity contribution in [2.45, 2.75) is 32.5 Å². The SMILES string of the molecule is C[C@@H]1CN(C(=O)c2cccc(-c3ccoc3)c2)C[C@H](C)N1Cc1ccc(C(=O)O)cc1. The van der Waals surface area contributed by atoms with Crippen LogP contribution in [0.4, 0.5) is 0 Å². The van der Waals surface area contributed by atoms with Crippen LogP contribution < -0.4 is 0 Å². The maximum Gasteiger partial charge on any atom is 0.335 e. The van der Waals surface area contributed by atoms with Crippen LogP contribution in [-0.2, 0) is 6.54 Å². The van der Waals surface area contributed by atoms with Crippen molar-refractivity contribution < 1.29 is 19.1 Å². The molecule has 0 saturated carbocycles. The zero-order valence-electron chi connectivity index (χ0n) is 17.7. The molecule has 3 aromatic rings. The number of benzene rings is 2. The number of hydrogen-bond acceptors (Lipinski definition) is 4. The molecule has 31 heavy (non-hydrogen) atoms. The first-order chi connectivity index (χ1) is 14.9. The van der Waals surface area contributed by atoms with Gasteiger partial charge in [-0.15, -0.1) is 0 Å². The van der Waals surface area contributed by atoms with Crippen molar-refractivity contribution in [2.24, 2.45) is 0 Å². The minimum Gasteiger partial charge on any atom is -0.478 e. The van der Waals surface area contributed by atoms with Gasteiger partial charge in [0.15, 0.2) is 0 Å². The molecule has 1 aromatic heterocycles. The second-order valence-electron chi connectivity index (χ2n) is 8.18. The van der Waals surface area contributed by atoms with Crippen molar-refractivity contribution in [3.05, 3.63) is 83.8 Å². The maximum atomic E-state index is 13.2. The van der Waals surface area contributed by atoms with Gasteiger partial charge in [-0.05, 0) is 55.3 Å². The third kappa shape index (κ3) is 4.54. The van der Waals surface area contributed by atoms with E-state index in [9.17, 15) is 9.59 Å². The Labute approximate surface area is 181 Å². The van der Waals surface area contributed by atoms with Crippen LogP contribution in [0.1, 0.15) is 40.1 Å². The number of carboxylic acids is 1. The number of hydrogen-bond donors (Lipinski definition) is 1. The molecule has 6 nitrogen and oxygen atoms in total. The highest BCUT2D eigenvalue weighted by Crippen LogP contribution is 2.24. The van der Waals surface area contributed by atoms with E-state index in [2.05, 4.69) is 18.7 Å². The largest absolute Gasteiger partial charge is 0.478 e. The normalized spacial score (nSPS) is 19.4. The molecule has 1 fully saturated rings. The van der Waals surface area contributed by atoms with E-state index in [-0.39, 0.29) is 23.6 Å². The van der Waals surface area contributed by atoms with Crippen molar-refractivity contribution in [1.29, 1.82) is 0 Å². The lowest BCUT2D eigenvalue weighted by Crippen LogP contribution is -2.57. The summed E-state index contributed by atoms with van der Waals surface area (Å²) in [6.45, 7) is 6.27. The van der Waals surface area contributed by atoms with Gasteiger partial charge in [0.05, 0.1) is 18.1 Å². The van der Waals surface area contributed by atoms with Gasteiger partial charge in [0.25, 0.3) is 5.91 Å². The summed E-state index contributed by atoms with van der Waals surface area (Å²) in [5.41, 5.74) is 3.95. The van der Waals surface area contributed by atoms with Gasteiger partial charge in [-0.25, -0.2) is 4.79 Å². The van der Waals surface area contributed by atoms with Crippen molar-refractivity contribution in [3.63, 3.8) is 0 Å². The predicted octanol–water partition coefficient (Wildman–Crippen LogP) is 4.38. The molecule has 0 bridgehead atoms. The zero-order valence-corrected chi connectivity index (χ0v) is 17.7. The Balaban J connectivity index is 1.44. The summed E-state index contributed by atoms with van der Waals surface area (Å²) in [5.74, 6) is -0.883. The smallest absolute Gasteiger partial charge is 0.335 e. The quantitative estimate of drug-likeness (QED) is 0.666. The van der Waals surface area contributed by atoms with Gasteiger partial charge in [-0.1, -0.05) is 24.3 Å². The Hall–Kier alpha value is -3.38. The van der Waals surface area contributed by atoms with Crippen molar-refractivity contribution >= 4 is 11.9 Å². The molecule has 0 unspecified atom stereocenters. The number of aromatic carboxylic acids is 1. The Morgan fingerprint density at radius 2 is 1.68 bits per heavy atom. The number of rotatable bonds is 5. The highest BCUT2D eigenvalue weighted by molar-refractivity contribution is 5.95. The molecule has 1 N–H and O–H groups in total. The molecule has 1 aliphatic rings. The van der Waals surface area contributed by atoms with Gasteiger partial charge in [-0.3, -0.25) is 9.69 Å². The van der Waals surface area contributed by atoms with Crippen molar-refractivity contribution in [2.75, 3.05) is 13.1 Å². The minimum atomic E-state index is -0.919. The molecule has 4 rings (SSSR count). The number of furan rings is 1. The van der Waals surface area contributed by atoms with Crippen LogP contribution in [0.15, 0.2) is 71.5 Å². The topological polar surface area (TPSA) is 74.0 Å². The minimum absolute atomic E-state index is 0.0366. The van der Waals surface area contributed by atoms with Crippen LogP contribution in [0.25, 0.3) is 11.1 Å². The lowest BCUT2D eigenvalue weighted by atomic mass is 10.0. The zero-order chi connectivity index (χ0) is 22.0. The molecular weight excluding hydrogens is 392 g/mol. The molecule has 1 amide bonds. The second-order valence-corrected chi connectivity index (χ2v) is 8.18. The van der Waals surface area contributed by atoms with Crippen molar-refractivity contribution in [3.8, 4) is 11.1 Å². The molecule has 2 aromatic carbocycles. The number of nitrogens with zero attached hydrogens (tertiary/aromatic N) is 2. The fourth-order valence-corrected chi connectivity index (χ4v) is 4.24. The number of carbonyl (C=O) groups excluding carboxylic acids is 1. The fraction of sp³-hybridized carbons (Fsp3) is 0.280. The average Bonchev–Trinajstić information content (AvgIpc) is 3.31. The van der Waals surface area contributed by atoms with E-state index in [1.807, 2.05) is 47.4 Å². The number of carbonyl (C=O) groups is 2. The van der Waals surface area contributed by atoms with Crippen LogP contribution >= 0.6 is 0 Å². The number of amides is 1. The summed E-state index contributed by atoms with van der Waals surface area (Å²) in [5, 5.41) is 9.07. The van der Waals surface area contributed by atoms with Crippen molar-refractivity contribution in [1.82, 2.24) is 9.80 Å². The second kappa shape index (κ2) is 8.78. The van der Waals surface area contributed by atoms with Crippen LogP contribution in [-0.4, -0.2) is 52.0 Å². The summed E-state index contributed by atoms with van der Waals surface area (Å²) < 4.78 is 5.16. The van der Waals surface area contributed by atoms with E-state index < -0.39 is 5.97 Å². The van der Waals surface area contributed by atoms with Crippen LogP contribution in [0.2, 0.25) is 0 Å². The van der Waals surface area contributed by atoms with E-state index in [1.165, 1.54) is 0 Å². The van der Waals surface area contributed by atoms with Gasteiger partial charge in [0.2, 0.25) is 0 Å². The van der Waals surface area contributed by atoms with E-state index in [0.29, 0.717) is 18.7 Å². The Morgan fingerprint density at radius 1 is 0.968 bits per heavy atom. The van der Waals surface area contributed by atoms with E-state index in [1.54, 1.807) is 24.7 Å². The van der Waals surface area contributed by atoms with Crippen LogP contribution in [0.3, 0.4) is 0 Å². The lowest BCUT2D eigenvalue weighted by Gasteiger charge is -2.44. The summed E-state index contributed by atoms with van der Waals surface area (Å²) in [7, 11) is 0. The molecule has 2 atom stereocenters. The van der Waals surface area contributed by atoms with Gasteiger partial charge < -0.3 is 14.4 Å². The molecule has 0 aliphatic carbocycles. The average molecular weight is 418 g/mol. The van der Waals surface area contributed by atoms with Gasteiger partial charge >= 0.3 is 5.97 Å². The monoisotopic (exact) mass is 418 g/mol. The molecule has 1 saturated heterocycles. The molecule has 0 radical (unpaired) electrons. The fourth-order valence-electron chi connectivity index (χ4n) is 4.24. The molecular formula is C25H26N2O4. The summed E-state index contributed by atoms with van der Waals surface area (Å²) in [6, 6.07) is 16.9. The number of piperazine rings is 1. The predicted molar refractivity (Wildman–Crippen MR) is 118 cm³/mol. The number of carboxylic acid groups (broad SMARTS) is 1. The molecule has 1 aliphatic heterocycles. The van der Waals surface area contributed by atoms with Gasteiger partial charge in [-0.2, -0.15) is 0 Å². The maximum absolute atomic E-state index is 13.2. The first-order valence-electron chi connectivity index (χ1n) is 10.4. The van der Waals surface area contributed by atoms with E-state index in [0.717, 1.165) is 23.2 Å². The first-order valence-corrected chi connectivity index (χ1v) is 10.4. The summed E-state index contributed by atoms with van der Waals surface area (Å²) in [4.78, 5) is 28.6. The highest BCUT2D eigenvalue weighted by atomic mass is 16.4. The summed E-state index contributed by atoms with van der Waals surface area (Å²) >= 11 is 0. The Morgan fingerprint density at radius 3 is 2.29 bits per heavy atom. The highest BCUT2D eigenvalue weighted by Gasteiger charge is 2.32. The third-order valence-electron chi connectivity index (χ3n) is 5.92.